The molecule has 4 rings (SSSR count). The summed E-state index contributed by atoms with van der Waals surface area (Å²) in [6.45, 7) is 4.68. The topological polar surface area (TPSA) is 80.0 Å². The van der Waals surface area contributed by atoms with E-state index in [1.165, 1.54) is 0 Å². The number of furan rings is 1. The highest BCUT2D eigenvalue weighted by Gasteiger charge is 2.33. The zero-order valence-corrected chi connectivity index (χ0v) is 22.0. The summed E-state index contributed by atoms with van der Waals surface area (Å²) in [5.74, 6) is 2.15. The zero-order valence-electron chi connectivity index (χ0n) is 19.7. The van der Waals surface area contributed by atoms with Crippen LogP contribution in [0.5, 0.6) is 5.75 Å². The number of nitrogens with zero attached hydrogens (tertiary/aromatic N) is 1. The van der Waals surface area contributed by atoms with Crippen molar-refractivity contribution in [3.05, 3.63) is 75.5 Å². The van der Waals surface area contributed by atoms with Gasteiger partial charge in [-0.15, -0.1) is 0 Å². The molecule has 0 bridgehead atoms. The van der Waals surface area contributed by atoms with Gasteiger partial charge in [-0.25, -0.2) is 8.42 Å². The van der Waals surface area contributed by atoms with Crippen molar-refractivity contribution in [3.63, 3.8) is 0 Å². The van der Waals surface area contributed by atoms with Gasteiger partial charge in [-0.05, 0) is 67.8 Å². The van der Waals surface area contributed by atoms with Gasteiger partial charge in [-0.1, -0.05) is 35.3 Å². The number of aliphatic hydroxyl groups excluding tert-OH is 1. The van der Waals surface area contributed by atoms with Crippen LogP contribution in [0.25, 0.3) is 11.3 Å². The Hall–Kier alpha value is -2.03. The molecule has 9 heteroatoms. The number of halogens is 2. The molecule has 1 aliphatic heterocycles. The van der Waals surface area contributed by atoms with Crippen LogP contribution < -0.4 is 4.74 Å². The standard InChI is InChI=1S/C26H29Cl2NO5S/c1-17-4-3-5-25(18(17)2)33-15-21(30)13-29(20-10-11-35(31,32)16-20)14-22-7-9-26(34-22)23-12-19(27)6-8-24(23)28/h3-9,12,20-21,30H,10-11,13-16H2,1-2H3. The molecule has 0 saturated carbocycles. The van der Waals surface area contributed by atoms with Gasteiger partial charge >= 0.3 is 0 Å². The number of rotatable bonds is 9. The number of sulfone groups is 1. The van der Waals surface area contributed by atoms with Gasteiger partial charge in [-0.2, -0.15) is 0 Å². The Labute approximate surface area is 216 Å². The van der Waals surface area contributed by atoms with Crippen molar-refractivity contribution >= 4 is 33.0 Å². The van der Waals surface area contributed by atoms with Crippen molar-refractivity contribution in [3.8, 4) is 17.1 Å². The Morgan fingerprint density at radius 2 is 1.97 bits per heavy atom. The summed E-state index contributed by atoms with van der Waals surface area (Å²) in [4.78, 5) is 1.96. The molecule has 188 valence electrons. The van der Waals surface area contributed by atoms with Crippen LogP contribution in [0, 0.1) is 13.8 Å². The summed E-state index contributed by atoms with van der Waals surface area (Å²) < 4.78 is 36.2. The fraction of sp³-hybridized carbons (Fsp3) is 0.385. The Kier molecular flexibility index (Phi) is 8.13. The lowest BCUT2D eigenvalue weighted by Gasteiger charge is -2.29. The molecule has 0 aliphatic carbocycles. The van der Waals surface area contributed by atoms with E-state index in [9.17, 15) is 13.5 Å². The minimum Gasteiger partial charge on any atom is -0.491 e. The molecule has 1 N–H and O–H groups in total. The molecule has 1 aromatic heterocycles. The van der Waals surface area contributed by atoms with E-state index in [1.807, 2.05) is 49.1 Å². The lowest BCUT2D eigenvalue weighted by molar-refractivity contribution is 0.0496. The van der Waals surface area contributed by atoms with Gasteiger partial charge < -0.3 is 14.3 Å². The van der Waals surface area contributed by atoms with Crippen molar-refractivity contribution in [2.45, 2.75) is 39.0 Å². The fourth-order valence-corrected chi connectivity index (χ4v) is 6.43. The van der Waals surface area contributed by atoms with Gasteiger partial charge in [0.1, 0.15) is 30.0 Å². The zero-order chi connectivity index (χ0) is 25.2. The first kappa shape index (κ1) is 26.0. The minimum absolute atomic E-state index is 0.0608. The van der Waals surface area contributed by atoms with E-state index >= 15 is 0 Å². The monoisotopic (exact) mass is 537 g/mol. The maximum atomic E-state index is 12.2. The summed E-state index contributed by atoms with van der Waals surface area (Å²) in [7, 11) is -3.10. The van der Waals surface area contributed by atoms with Crippen molar-refractivity contribution in [2.75, 3.05) is 24.7 Å². The van der Waals surface area contributed by atoms with Crippen LogP contribution in [0.4, 0.5) is 0 Å². The summed E-state index contributed by atoms with van der Waals surface area (Å²) in [5, 5.41) is 11.9. The molecule has 0 amide bonds. The SMILES string of the molecule is Cc1cccc(OCC(O)CN(Cc2ccc(-c3cc(Cl)ccc3Cl)o2)C2CCS(=O)(=O)C2)c1C. The van der Waals surface area contributed by atoms with E-state index in [0.717, 1.165) is 16.9 Å². The molecule has 1 aliphatic rings. The number of hydrogen-bond acceptors (Lipinski definition) is 6. The van der Waals surface area contributed by atoms with E-state index in [2.05, 4.69) is 0 Å². The fourth-order valence-electron chi connectivity index (χ4n) is 4.29. The average molecular weight is 538 g/mol. The van der Waals surface area contributed by atoms with Crippen LogP contribution in [0.15, 0.2) is 52.9 Å². The first-order chi connectivity index (χ1) is 16.6. The first-order valence-electron chi connectivity index (χ1n) is 11.5. The predicted molar refractivity (Wildman–Crippen MR) is 139 cm³/mol. The lowest BCUT2D eigenvalue weighted by Crippen LogP contribution is -2.42. The molecule has 0 spiro atoms. The molecule has 1 saturated heterocycles. The van der Waals surface area contributed by atoms with Gasteiger partial charge in [-0.3, -0.25) is 4.90 Å². The second-order valence-corrected chi connectivity index (χ2v) is 12.1. The third-order valence-electron chi connectivity index (χ3n) is 6.37. The molecule has 2 heterocycles. The predicted octanol–water partition coefficient (Wildman–Crippen LogP) is 5.30. The Morgan fingerprint density at radius 3 is 2.71 bits per heavy atom. The van der Waals surface area contributed by atoms with Crippen LogP contribution >= 0.6 is 23.2 Å². The third-order valence-corrected chi connectivity index (χ3v) is 8.69. The lowest BCUT2D eigenvalue weighted by atomic mass is 10.1. The number of aryl methyl sites for hydroxylation is 1. The highest BCUT2D eigenvalue weighted by Crippen LogP contribution is 2.32. The number of benzene rings is 2. The third kappa shape index (κ3) is 6.60. The van der Waals surface area contributed by atoms with E-state index in [0.29, 0.717) is 40.1 Å². The largest absolute Gasteiger partial charge is 0.491 e. The molecular formula is C26H29Cl2NO5S. The maximum absolute atomic E-state index is 12.2. The maximum Gasteiger partial charge on any atom is 0.151 e. The summed E-state index contributed by atoms with van der Waals surface area (Å²) in [6.07, 6.45) is -0.296. The van der Waals surface area contributed by atoms with Gasteiger partial charge in [0.05, 0.1) is 23.1 Å². The van der Waals surface area contributed by atoms with Crippen LogP contribution in [0.3, 0.4) is 0 Å². The molecule has 3 aromatic rings. The van der Waals surface area contributed by atoms with Crippen molar-refractivity contribution in [1.82, 2.24) is 4.90 Å². The molecule has 2 atom stereocenters. The second-order valence-electron chi connectivity index (χ2n) is 9.04. The normalized spacial score (nSPS) is 18.2. The highest BCUT2D eigenvalue weighted by atomic mass is 35.5. The summed E-state index contributed by atoms with van der Waals surface area (Å²) in [6, 6.07) is 14.4. The number of aliphatic hydroxyl groups is 1. The van der Waals surface area contributed by atoms with E-state index in [-0.39, 0.29) is 30.7 Å². The molecule has 6 nitrogen and oxygen atoms in total. The van der Waals surface area contributed by atoms with Gasteiger partial charge in [0.15, 0.2) is 9.84 Å². The molecular weight excluding hydrogens is 509 g/mol. The smallest absolute Gasteiger partial charge is 0.151 e. The minimum atomic E-state index is -3.10. The van der Waals surface area contributed by atoms with Gasteiger partial charge in [0.25, 0.3) is 0 Å². The van der Waals surface area contributed by atoms with Gasteiger partial charge in [0.2, 0.25) is 0 Å². The van der Waals surface area contributed by atoms with E-state index in [4.69, 9.17) is 32.4 Å². The van der Waals surface area contributed by atoms with Crippen molar-refractivity contribution in [2.24, 2.45) is 0 Å². The second kappa shape index (κ2) is 10.9. The molecule has 1 fully saturated rings. The average Bonchev–Trinajstić information content (AvgIpc) is 3.42. The first-order valence-corrected chi connectivity index (χ1v) is 14.0. The van der Waals surface area contributed by atoms with Crippen LogP contribution in [-0.2, 0) is 16.4 Å². The van der Waals surface area contributed by atoms with E-state index in [1.54, 1.807) is 18.2 Å². The Morgan fingerprint density at radius 1 is 1.17 bits per heavy atom. The number of ether oxygens (including phenoxy) is 1. The van der Waals surface area contributed by atoms with E-state index < -0.39 is 15.9 Å². The molecule has 35 heavy (non-hydrogen) atoms. The molecule has 0 radical (unpaired) electrons. The van der Waals surface area contributed by atoms with Crippen molar-refractivity contribution in [1.29, 1.82) is 0 Å². The quantitative estimate of drug-likeness (QED) is 0.399. The van der Waals surface area contributed by atoms with Crippen molar-refractivity contribution < 1.29 is 22.7 Å². The van der Waals surface area contributed by atoms with Crippen LogP contribution in [0.2, 0.25) is 10.0 Å². The van der Waals surface area contributed by atoms with Crippen LogP contribution in [-0.4, -0.2) is 55.2 Å². The molecule has 2 unspecified atom stereocenters. The van der Waals surface area contributed by atoms with Gasteiger partial charge in [0, 0.05) is 23.2 Å². The van der Waals surface area contributed by atoms with Crippen LogP contribution in [0.1, 0.15) is 23.3 Å². The summed E-state index contributed by atoms with van der Waals surface area (Å²) >= 11 is 12.4. The molecule has 2 aromatic carbocycles. The Bertz CT molecular complexity index is 1290. The highest BCUT2D eigenvalue weighted by molar-refractivity contribution is 7.91. The number of hydrogen-bond donors (Lipinski definition) is 1. The summed E-state index contributed by atoms with van der Waals surface area (Å²) in [5.41, 5.74) is 2.83. The Balaban J connectivity index is 1.48.